The highest BCUT2D eigenvalue weighted by molar-refractivity contribution is 5.45. The summed E-state index contributed by atoms with van der Waals surface area (Å²) in [5.41, 5.74) is 2.10. The van der Waals surface area contributed by atoms with E-state index in [9.17, 15) is 0 Å². The third-order valence-corrected chi connectivity index (χ3v) is 1.74. The molecule has 0 aromatic heterocycles. The van der Waals surface area contributed by atoms with Gasteiger partial charge in [0.2, 0.25) is 0 Å². The smallest absolute Gasteiger partial charge is 0.00344 e. The molecule has 0 atom stereocenters. The van der Waals surface area contributed by atoms with Crippen LogP contribution in [-0.2, 0) is 0 Å². The number of terminal acetylenes is 2. The number of hydrogen-bond donors (Lipinski definition) is 0. The average molecular weight is 176 g/mol. The van der Waals surface area contributed by atoms with Crippen LogP contribution in [0.15, 0.2) is 23.3 Å². The first-order valence-electron chi connectivity index (χ1n) is 4.20. The molecule has 0 fully saturated rings. The Morgan fingerprint density at radius 1 is 0.857 bits per heavy atom. The lowest BCUT2D eigenvalue weighted by Crippen LogP contribution is -1.89. The van der Waals surface area contributed by atoms with Crippen LogP contribution >= 0.6 is 0 Å². The predicted octanol–water partition coefficient (Wildman–Crippen LogP) is 1.91. The van der Waals surface area contributed by atoms with Gasteiger partial charge in [0.15, 0.2) is 0 Å². The zero-order valence-electron chi connectivity index (χ0n) is 7.72. The van der Waals surface area contributed by atoms with Gasteiger partial charge in [0, 0.05) is 11.1 Å². The van der Waals surface area contributed by atoms with Crippen LogP contribution in [0.1, 0.15) is 12.8 Å². The molecule has 0 unspecified atom stereocenters. The van der Waals surface area contributed by atoms with Crippen LogP contribution in [0.2, 0.25) is 0 Å². The second kappa shape index (κ2) is 5.38. The summed E-state index contributed by atoms with van der Waals surface area (Å²) >= 11 is 0. The van der Waals surface area contributed by atoms with Crippen molar-refractivity contribution in [1.29, 1.82) is 0 Å². The van der Waals surface area contributed by atoms with Gasteiger partial charge in [-0.15, -0.1) is 12.8 Å². The Hall–Kier alpha value is -2.28. The van der Waals surface area contributed by atoms with E-state index >= 15 is 0 Å². The van der Waals surface area contributed by atoms with Gasteiger partial charge >= 0.3 is 0 Å². The molecule has 1 rings (SSSR count). The summed E-state index contributed by atoms with van der Waals surface area (Å²) in [6.45, 7) is 0. The first kappa shape index (κ1) is 9.81. The molecule has 0 saturated carbocycles. The Balaban J connectivity index is 2.76. The molecule has 1 aliphatic carbocycles. The molecule has 0 amide bonds. The summed E-state index contributed by atoms with van der Waals surface area (Å²) in [6, 6.07) is 0. The molecule has 0 aliphatic heterocycles. The Morgan fingerprint density at radius 2 is 1.29 bits per heavy atom. The highest BCUT2D eigenvalue weighted by Crippen LogP contribution is 2.16. The zero-order valence-corrected chi connectivity index (χ0v) is 7.72. The van der Waals surface area contributed by atoms with Crippen LogP contribution in [0.25, 0.3) is 0 Å². The van der Waals surface area contributed by atoms with E-state index in [2.05, 4.69) is 35.5 Å². The van der Waals surface area contributed by atoms with Crippen LogP contribution in [0.3, 0.4) is 0 Å². The third kappa shape index (κ3) is 2.99. The summed E-state index contributed by atoms with van der Waals surface area (Å²) in [7, 11) is 0. The molecule has 1 aliphatic rings. The fourth-order valence-corrected chi connectivity index (χ4v) is 1.08. The Morgan fingerprint density at radius 3 is 1.57 bits per heavy atom. The lowest BCUT2D eigenvalue weighted by atomic mass is 9.99. The lowest BCUT2D eigenvalue weighted by molar-refractivity contribution is 0.968. The van der Waals surface area contributed by atoms with Crippen molar-refractivity contribution in [3.63, 3.8) is 0 Å². The van der Waals surface area contributed by atoms with Crippen molar-refractivity contribution in [1.82, 2.24) is 0 Å². The third-order valence-electron chi connectivity index (χ3n) is 1.74. The normalized spacial score (nSPS) is 12.7. The first-order valence-corrected chi connectivity index (χ1v) is 4.20. The van der Waals surface area contributed by atoms with E-state index < -0.39 is 0 Å². The second-order valence-electron chi connectivity index (χ2n) is 2.67. The molecule has 0 nitrogen and oxygen atoms in total. The highest BCUT2D eigenvalue weighted by Gasteiger charge is 2.01. The van der Waals surface area contributed by atoms with Crippen LogP contribution in [0.5, 0.6) is 0 Å². The standard InChI is InChI=1S/C14H8/c1-3-5-7-13-9-11-14(12-10-13)8-6-4-2/h1-2,9,11H,10,12H2. The van der Waals surface area contributed by atoms with Crippen molar-refractivity contribution in [2.75, 3.05) is 0 Å². The van der Waals surface area contributed by atoms with Crippen molar-refractivity contribution in [3.8, 4) is 48.4 Å². The van der Waals surface area contributed by atoms with E-state index in [1.807, 2.05) is 12.2 Å². The fourth-order valence-electron chi connectivity index (χ4n) is 1.08. The maximum Gasteiger partial charge on any atom is 0.00344 e. The molecule has 0 spiro atoms. The topological polar surface area (TPSA) is 0 Å². The molecule has 0 heterocycles. The molecule has 0 radical (unpaired) electrons. The van der Waals surface area contributed by atoms with Crippen molar-refractivity contribution in [2.24, 2.45) is 0 Å². The maximum atomic E-state index is 5.03. The van der Waals surface area contributed by atoms with Gasteiger partial charge in [0.1, 0.15) is 0 Å². The second-order valence-corrected chi connectivity index (χ2v) is 2.67. The number of hydrogen-bond acceptors (Lipinski definition) is 0. The fraction of sp³-hybridized carbons (Fsp3) is 0.143. The molecule has 0 aromatic rings. The first-order chi connectivity index (χ1) is 6.86. The highest BCUT2D eigenvalue weighted by atomic mass is 14.0. The Labute approximate surface area is 85.1 Å². The molecule has 64 valence electrons. The van der Waals surface area contributed by atoms with Gasteiger partial charge < -0.3 is 0 Å². The van der Waals surface area contributed by atoms with E-state index in [4.69, 9.17) is 12.8 Å². The molecule has 0 bridgehead atoms. The van der Waals surface area contributed by atoms with Crippen molar-refractivity contribution < 1.29 is 0 Å². The van der Waals surface area contributed by atoms with Crippen molar-refractivity contribution in [2.45, 2.75) is 12.8 Å². The van der Waals surface area contributed by atoms with E-state index in [0.29, 0.717) is 0 Å². The van der Waals surface area contributed by atoms with Gasteiger partial charge in [-0.2, -0.15) is 0 Å². The lowest BCUT2D eigenvalue weighted by Gasteiger charge is -2.04. The van der Waals surface area contributed by atoms with Crippen LogP contribution in [-0.4, -0.2) is 0 Å². The summed E-state index contributed by atoms with van der Waals surface area (Å²) in [5.74, 6) is 15.5. The average Bonchev–Trinajstić information content (AvgIpc) is 2.25. The van der Waals surface area contributed by atoms with Crippen LogP contribution in [0, 0.1) is 48.4 Å². The molecule has 0 N–H and O–H groups in total. The van der Waals surface area contributed by atoms with E-state index in [1.165, 1.54) is 0 Å². The summed E-state index contributed by atoms with van der Waals surface area (Å²) in [6.07, 6.45) is 15.7. The van der Waals surface area contributed by atoms with Gasteiger partial charge in [-0.05, 0) is 48.7 Å². The summed E-state index contributed by atoms with van der Waals surface area (Å²) < 4.78 is 0. The minimum absolute atomic E-state index is 0.889. The van der Waals surface area contributed by atoms with E-state index in [-0.39, 0.29) is 0 Å². The van der Waals surface area contributed by atoms with E-state index in [1.54, 1.807) is 0 Å². The minimum atomic E-state index is 0.889. The number of rotatable bonds is 0. The van der Waals surface area contributed by atoms with E-state index in [0.717, 1.165) is 24.0 Å². The quantitative estimate of drug-likeness (QED) is 0.494. The minimum Gasteiger partial charge on any atom is -0.106 e. The molecular formula is C14H8. The van der Waals surface area contributed by atoms with Crippen LogP contribution < -0.4 is 0 Å². The molecular weight excluding hydrogens is 168 g/mol. The molecule has 0 saturated heterocycles. The Kier molecular flexibility index (Phi) is 3.77. The SMILES string of the molecule is C#CC#CC1=CC=C(C#CC#C)CC1. The summed E-state index contributed by atoms with van der Waals surface area (Å²) in [4.78, 5) is 0. The van der Waals surface area contributed by atoms with Gasteiger partial charge in [-0.3, -0.25) is 0 Å². The van der Waals surface area contributed by atoms with Crippen LogP contribution in [0.4, 0.5) is 0 Å². The van der Waals surface area contributed by atoms with Crippen molar-refractivity contribution >= 4 is 0 Å². The van der Waals surface area contributed by atoms with Gasteiger partial charge in [-0.1, -0.05) is 11.8 Å². The van der Waals surface area contributed by atoms with Gasteiger partial charge in [-0.25, -0.2) is 0 Å². The van der Waals surface area contributed by atoms with Gasteiger partial charge in [0.25, 0.3) is 0 Å². The molecule has 0 aromatic carbocycles. The largest absolute Gasteiger partial charge is 0.106 e. The maximum absolute atomic E-state index is 5.03. The van der Waals surface area contributed by atoms with Crippen molar-refractivity contribution in [3.05, 3.63) is 23.3 Å². The molecule has 0 heteroatoms. The summed E-state index contributed by atoms with van der Waals surface area (Å²) in [5, 5.41) is 0. The van der Waals surface area contributed by atoms with Gasteiger partial charge in [0.05, 0.1) is 0 Å². The zero-order chi connectivity index (χ0) is 10.2. The Bertz CT molecular complexity index is 429. The predicted molar refractivity (Wildman–Crippen MR) is 58.6 cm³/mol. The number of allylic oxidation sites excluding steroid dienone is 4. The monoisotopic (exact) mass is 176 g/mol. The molecule has 14 heavy (non-hydrogen) atoms.